The fourth-order valence-corrected chi connectivity index (χ4v) is 0.739. The zero-order valence-corrected chi connectivity index (χ0v) is 9.57. The van der Waals surface area contributed by atoms with E-state index < -0.39 is 0 Å². The molecule has 2 heteroatoms. The lowest BCUT2D eigenvalue weighted by molar-refractivity contribution is -0.817. The lowest BCUT2D eigenvalue weighted by Crippen LogP contribution is -3.00. The van der Waals surface area contributed by atoms with Gasteiger partial charge in [0.1, 0.15) is 6.20 Å². The number of quaternary nitrogens is 1. The normalized spacial score (nSPS) is 9.75. The van der Waals surface area contributed by atoms with Gasteiger partial charge in [-0.25, -0.2) is 0 Å². The molecule has 0 atom stereocenters. The van der Waals surface area contributed by atoms with Crippen LogP contribution in [0.3, 0.4) is 0 Å². The highest BCUT2D eigenvalue weighted by atomic mass is 35.5. The molecule has 0 aliphatic heterocycles. The Kier molecular flexibility index (Phi) is 7.51. The second-order valence-electron chi connectivity index (χ2n) is 3.70. The minimum Gasteiger partial charge on any atom is -1.00 e. The standard InChI is InChI=1S/C10H20N.ClH/c1-6-10(7-2)8-9-11(3,4)5;/h9H,6-7H2,1-5H3;1H/q+1;/p-1. The molecule has 0 aliphatic carbocycles. The van der Waals surface area contributed by atoms with Crippen LogP contribution in [0.2, 0.25) is 0 Å². The zero-order valence-electron chi connectivity index (χ0n) is 8.82. The van der Waals surface area contributed by atoms with Gasteiger partial charge in [-0.05, 0) is 18.4 Å². The second-order valence-corrected chi connectivity index (χ2v) is 3.70. The number of hydrogen-bond donors (Lipinski definition) is 0. The average Bonchev–Trinajstić information content (AvgIpc) is 1.88. The van der Waals surface area contributed by atoms with Gasteiger partial charge in [-0.2, -0.15) is 0 Å². The van der Waals surface area contributed by atoms with Crippen molar-refractivity contribution in [1.29, 1.82) is 0 Å². The molecule has 0 spiro atoms. The van der Waals surface area contributed by atoms with E-state index in [1.54, 1.807) is 0 Å². The van der Waals surface area contributed by atoms with Gasteiger partial charge >= 0.3 is 0 Å². The summed E-state index contributed by atoms with van der Waals surface area (Å²) in [5.74, 6) is 0. The van der Waals surface area contributed by atoms with Crippen molar-refractivity contribution in [2.75, 3.05) is 21.1 Å². The first-order valence-electron chi connectivity index (χ1n) is 4.26. The summed E-state index contributed by atoms with van der Waals surface area (Å²) < 4.78 is 0.851. The van der Waals surface area contributed by atoms with Gasteiger partial charge in [-0.15, -0.1) is 0 Å². The third-order valence-corrected chi connectivity index (χ3v) is 1.51. The average molecular weight is 190 g/mol. The molecule has 0 amide bonds. The van der Waals surface area contributed by atoms with Crippen molar-refractivity contribution in [3.63, 3.8) is 0 Å². The summed E-state index contributed by atoms with van der Waals surface area (Å²) in [6.07, 6.45) is 4.34. The van der Waals surface area contributed by atoms with Crippen molar-refractivity contribution in [3.8, 4) is 0 Å². The lowest BCUT2D eigenvalue weighted by Gasteiger charge is -2.15. The van der Waals surface area contributed by atoms with Crippen LogP contribution in [0, 0.1) is 0 Å². The van der Waals surface area contributed by atoms with Gasteiger partial charge in [-0.1, -0.05) is 19.6 Å². The highest BCUT2D eigenvalue weighted by Gasteiger charge is 1.98. The molecule has 0 unspecified atom stereocenters. The molecule has 0 N–H and O–H groups in total. The van der Waals surface area contributed by atoms with E-state index in [1.165, 1.54) is 5.57 Å². The molecule has 0 rings (SSSR count). The maximum absolute atomic E-state index is 3.32. The van der Waals surface area contributed by atoms with Crippen LogP contribution in [0.15, 0.2) is 17.5 Å². The molecule has 12 heavy (non-hydrogen) atoms. The van der Waals surface area contributed by atoms with Gasteiger partial charge < -0.3 is 12.4 Å². The predicted octanol–water partition coefficient (Wildman–Crippen LogP) is -0.444. The van der Waals surface area contributed by atoms with Crippen LogP contribution in [0.5, 0.6) is 0 Å². The van der Waals surface area contributed by atoms with Gasteiger partial charge in [0.25, 0.3) is 0 Å². The van der Waals surface area contributed by atoms with E-state index in [9.17, 15) is 0 Å². The Morgan fingerprint density at radius 2 is 1.58 bits per heavy atom. The largest absolute Gasteiger partial charge is 1.00 e. The quantitative estimate of drug-likeness (QED) is 0.417. The molecular formula is C10H20ClN. The molecule has 0 radical (unpaired) electrons. The molecule has 0 saturated heterocycles. The van der Waals surface area contributed by atoms with Crippen LogP contribution in [0.25, 0.3) is 0 Å². The van der Waals surface area contributed by atoms with Crippen LogP contribution in [-0.2, 0) is 0 Å². The fraction of sp³-hybridized carbons (Fsp3) is 0.700. The topological polar surface area (TPSA) is 0 Å². The number of hydrogen-bond acceptors (Lipinski definition) is 0. The van der Waals surface area contributed by atoms with Crippen molar-refractivity contribution >= 4 is 0 Å². The van der Waals surface area contributed by atoms with Crippen molar-refractivity contribution in [1.82, 2.24) is 0 Å². The van der Waals surface area contributed by atoms with E-state index in [0.29, 0.717) is 0 Å². The Hall–Kier alpha value is -0.230. The molecule has 0 aromatic rings. The Labute approximate surface area is 82.8 Å². The summed E-state index contributed by atoms with van der Waals surface area (Å²) in [5, 5.41) is 0. The minimum absolute atomic E-state index is 0. The van der Waals surface area contributed by atoms with E-state index in [4.69, 9.17) is 0 Å². The van der Waals surface area contributed by atoms with Gasteiger partial charge in [0, 0.05) is 0 Å². The highest BCUT2D eigenvalue weighted by molar-refractivity contribution is 4.97. The number of allylic oxidation sites excluding steroid dienone is 1. The summed E-state index contributed by atoms with van der Waals surface area (Å²) in [7, 11) is 6.40. The first-order valence-corrected chi connectivity index (χ1v) is 4.26. The summed E-state index contributed by atoms with van der Waals surface area (Å²) >= 11 is 0. The first-order chi connectivity index (χ1) is 4.99. The van der Waals surface area contributed by atoms with Crippen LogP contribution in [0.4, 0.5) is 0 Å². The minimum atomic E-state index is 0. The summed E-state index contributed by atoms with van der Waals surface area (Å²) in [5.41, 5.74) is 4.72. The van der Waals surface area contributed by atoms with Crippen molar-refractivity contribution in [2.45, 2.75) is 26.7 Å². The third kappa shape index (κ3) is 7.87. The summed E-state index contributed by atoms with van der Waals surface area (Å²) in [4.78, 5) is 0. The van der Waals surface area contributed by atoms with E-state index in [-0.39, 0.29) is 12.4 Å². The van der Waals surface area contributed by atoms with Crippen LogP contribution in [-0.4, -0.2) is 25.6 Å². The maximum atomic E-state index is 3.32. The Bertz CT molecular complexity index is 165. The van der Waals surface area contributed by atoms with Crippen LogP contribution < -0.4 is 12.4 Å². The predicted molar refractivity (Wildman–Crippen MR) is 50.2 cm³/mol. The van der Waals surface area contributed by atoms with Crippen molar-refractivity contribution in [2.24, 2.45) is 0 Å². The van der Waals surface area contributed by atoms with Gasteiger partial charge in [0.2, 0.25) is 0 Å². The molecule has 1 nitrogen and oxygen atoms in total. The van der Waals surface area contributed by atoms with E-state index in [0.717, 1.165) is 17.3 Å². The number of rotatable bonds is 3. The van der Waals surface area contributed by atoms with Crippen LogP contribution >= 0.6 is 0 Å². The Morgan fingerprint density at radius 1 is 1.17 bits per heavy atom. The molecule has 0 aliphatic rings. The molecule has 0 bridgehead atoms. The number of nitrogens with zero attached hydrogens (tertiary/aromatic N) is 1. The molecular weight excluding hydrogens is 170 g/mol. The highest BCUT2D eigenvalue weighted by Crippen LogP contribution is 2.03. The van der Waals surface area contributed by atoms with Crippen molar-refractivity contribution in [3.05, 3.63) is 17.5 Å². The summed E-state index contributed by atoms with van der Waals surface area (Å²) in [6.45, 7) is 4.35. The monoisotopic (exact) mass is 189 g/mol. The zero-order chi connectivity index (χ0) is 8.91. The van der Waals surface area contributed by atoms with E-state index >= 15 is 0 Å². The molecule has 0 aromatic heterocycles. The van der Waals surface area contributed by atoms with Crippen molar-refractivity contribution < 1.29 is 16.9 Å². The molecule has 0 fully saturated rings. The molecule has 0 aromatic carbocycles. The van der Waals surface area contributed by atoms with Crippen LogP contribution in [0.1, 0.15) is 26.7 Å². The molecule has 72 valence electrons. The number of halogens is 1. The SMILES string of the molecule is CCC(=C=C[N+](C)(C)C)CC.[Cl-]. The Balaban J connectivity index is 0. The van der Waals surface area contributed by atoms with E-state index in [2.05, 4.69) is 46.9 Å². The fourth-order valence-electron chi connectivity index (χ4n) is 0.739. The second kappa shape index (κ2) is 6.30. The molecule has 0 saturated carbocycles. The van der Waals surface area contributed by atoms with E-state index in [1.807, 2.05) is 0 Å². The smallest absolute Gasteiger partial charge is 0.138 e. The maximum Gasteiger partial charge on any atom is 0.138 e. The lowest BCUT2D eigenvalue weighted by atomic mass is 10.2. The summed E-state index contributed by atoms with van der Waals surface area (Å²) in [6, 6.07) is 0. The molecule has 0 heterocycles. The van der Waals surface area contributed by atoms with Gasteiger partial charge in [0.05, 0.1) is 21.1 Å². The van der Waals surface area contributed by atoms with Gasteiger partial charge in [0.15, 0.2) is 0 Å². The van der Waals surface area contributed by atoms with Gasteiger partial charge in [-0.3, -0.25) is 4.48 Å². The first kappa shape index (κ1) is 14.3. The third-order valence-electron chi connectivity index (χ3n) is 1.51. The Morgan fingerprint density at radius 3 is 1.83 bits per heavy atom.